The summed E-state index contributed by atoms with van der Waals surface area (Å²) < 4.78 is 39.1. The van der Waals surface area contributed by atoms with Gasteiger partial charge < -0.3 is 18.9 Å². The van der Waals surface area contributed by atoms with Gasteiger partial charge in [0.1, 0.15) is 23.0 Å². The molecule has 138 valence electrons. The molecule has 0 aliphatic heterocycles. The van der Waals surface area contributed by atoms with E-state index in [1.54, 1.807) is 13.2 Å². The summed E-state index contributed by atoms with van der Waals surface area (Å²) in [5.41, 5.74) is 2.83. The lowest BCUT2D eigenvalue weighted by atomic mass is 9.96. The minimum absolute atomic E-state index is 0.0293. The van der Waals surface area contributed by atoms with Crippen molar-refractivity contribution in [2.45, 2.75) is 6.92 Å². The van der Waals surface area contributed by atoms with Crippen LogP contribution in [-0.4, -0.2) is 34.2 Å². The Balaban J connectivity index is 2.32. The van der Waals surface area contributed by atoms with Gasteiger partial charge in [-0.05, 0) is 30.7 Å². The van der Waals surface area contributed by atoms with Gasteiger partial charge in [-0.15, -0.1) is 0 Å². The molecule has 0 aromatic heterocycles. The average Bonchev–Trinajstić information content (AvgIpc) is 2.98. The van der Waals surface area contributed by atoms with Crippen LogP contribution < -0.4 is 18.9 Å². The molecule has 0 unspecified atom stereocenters. The van der Waals surface area contributed by atoms with Crippen molar-refractivity contribution in [1.82, 2.24) is 0 Å². The largest absolute Gasteiger partial charge is 0.496 e. The maximum Gasteiger partial charge on any atom is 0.198 e. The minimum atomic E-state index is -0.224. The number of ether oxygens (including phenoxy) is 4. The van der Waals surface area contributed by atoms with E-state index in [1.165, 1.54) is 27.4 Å². The van der Waals surface area contributed by atoms with E-state index >= 15 is 0 Å². The van der Waals surface area contributed by atoms with E-state index in [0.29, 0.717) is 44.5 Å². The summed E-state index contributed by atoms with van der Waals surface area (Å²) in [6.07, 6.45) is 0. The Labute approximate surface area is 160 Å². The number of rotatable bonds is 4. The Bertz CT molecular complexity index is 1200. The third-order valence-electron chi connectivity index (χ3n) is 4.86. The third-order valence-corrected chi connectivity index (χ3v) is 4.86. The minimum Gasteiger partial charge on any atom is -0.496 e. The molecule has 0 heterocycles. The summed E-state index contributed by atoms with van der Waals surface area (Å²) in [5.74, 6) is 1.16. The van der Waals surface area contributed by atoms with Crippen molar-refractivity contribution >= 4 is 16.6 Å². The monoisotopic (exact) mass is 366 g/mol. The lowest BCUT2D eigenvalue weighted by molar-refractivity contribution is 0.104. The Morgan fingerprint density at radius 1 is 0.815 bits per heavy atom. The summed E-state index contributed by atoms with van der Waals surface area (Å²) in [6, 6.07) is 5.15. The molecule has 3 aromatic carbocycles. The van der Waals surface area contributed by atoms with Crippen LogP contribution in [0.1, 0.15) is 24.2 Å². The lowest BCUT2D eigenvalue weighted by Crippen LogP contribution is -2.02. The van der Waals surface area contributed by atoms with E-state index in [-0.39, 0.29) is 29.4 Å². The molecular weight excluding hydrogens is 344 g/mol. The van der Waals surface area contributed by atoms with E-state index in [1.807, 2.05) is 13.0 Å². The van der Waals surface area contributed by atoms with Gasteiger partial charge in [0.05, 0.1) is 42.1 Å². The molecule has 0 saturated heterocycles. The Hall–Kier alpha value is -3.21. The highest BCUT2D eigenvalue weighted by atomic mass is 16.5. The number of ketones is 1. The van der Waals surface area contributed by atoms with Gasteiger partial charge >= 0.3 is 0 Å². The second-order valence-corrected chi connectivity index (χ2v) is 6.25. The zero-order valence-electron chi connectivity index (χ0n) is 17.8. The predicted octanol–water partition coefficient (Wildman–Crippen LogP) is 4.39. The summed E-state index contributed by atoms with van der Waals surface area (Å²) in [4.78, 5) is 13.4. The van der Waals surface area contributed by atoms with Crippen molar-refractivity contribution in [2.75, 3.05) is 28.4 Å². The molecule has 3 aromatic rings. The van der Waals surface area contributed by atoms with Gasteiger partial charge in [0.15, 0.2) is 5.78 Å². The first-order valence-electron chi connectivity index (χ1n) is 9.39. The number of benzene rings is 3. The maximum atomic E-state index is 13.4. The fraction of sp³-hybridized carbons (Fsp3) is 0.227. The Kier molecular flexibility index (Phi) is 3.42. The van der Waals surface area contributed by atoms with Crippen LogP contribution in [0.5, 0.6) is 23.0 Å². The van der Waals surface area contributed by atoms with E-state index < -0.39 is 0 Å². The molecule has 1 aliphatic rings. The second-order valence-electron chi connectivity index (χ2n) is 6.25. The summed E-state index contributed by atoms with van der Waals surface area (Å²) in [7, 11) is 5.94. The molecule has 4 rings (SSSR count). The van der Waals surface area contributed by atoms with Crippen molar-refractivity contribution in [3.8, 4) is 34.1 Å². The Morgan fingerprint density at radius 2 is 1.52 bits per heavy atom. The molecule has 0 amide bonds. The first-order chi connectivity index (χ1) is 13.9. The van der Waals surface area contributed by atoms with Gasteiger partial charge in [0.2, 0.25) is 0 Å². The fourth-order valence-electron chi connectivity index (χ4n) is 3.81. The summed E-state index contributed by atoms with van der Waals surface area (Å²) in [6.45, 7) is 1.89. The standard InChI is InChI=1S/C22H20O5/c1-11-9-13-16(15(10-11)25-3)18-19(20(13)23)22(27-5)17-12(21(18)26-4)7-6-8-14(17)24-2/h6-10H,1-5H3/i7D,8D. The maximum absolute atomic E-state index is 13.4. The highest BCUT2D eigenvalue weighted by Gasteiger charge is 2.38. The van der Waals surface area contributed by atoms with Crippen molar-refractivity contribution in [2.24, 2.45) is 0 Å². The highest BCUT2D eigenvalue weighted by molar-refractivity contribution is 6.28. The number of fused-ring (bicyclic) bond motifs is 4. The average molecular weight is 366 g/mol. The number of carbonyl (C=O) groups is 1. The molecule has 5 nitrogen and oxygen atoms in total. The quantitative estimate of drug-likeness (QED) is 0.536. The molecule has 27 heavy (non-hydrogen) atoms. The second kappa shape index (κ2) is 6.20. The first kappa shape index (κ1) is 14.9. The number of hydrogen-bond donors (Lipinski definition) is 0. The molecule has 0 bridgehead atoms. The van der Waals surface area contributed by atoms with E-state index in [2.05, 4.69) is 0 Å². The van der Waals surface area contributed by atoms with Crippen molar-refractivity contribution < 1.29 is 26.5 Å². The van der Waals surface area contributed by atoms with Crippen LogP contribution >= 0.6 is 0 Å². The highest BCUT2D eigenvalue weighted by Crippen LogP contribution is 2.55. The van der Waals surface area contributed by atoms with Gasteiger partial charge in [-0.1, -0.05) is 12.1 Å². The fourth-order valence-corrected chi connectivity index (χ4v) is 3.81. The van der Waals surface area contributed by atoms with Gasteiger partial charge in [-0.2, -0.15) is 0 Å². The molecular formula is C22H20O5. The summed E-state index contributed by atoms with van der Waals surface area (Å²) >= 11 is 0. The third kappa shape index (κ3) is 2.21. The molecule has 0 fully saturated rings. The van der Waals surface area contributed by atoms with E-state index in [0.717, 1.165) is 5.56 Å². The lowest BCUT2D eigenvalue weighted by Gasteiger charge is -2.18. The summed E-state index contributed by atoms with van der Waals surface area (Å²) in [5, 5.41) is 0.791. The zero-order chi connectivity index (χ0) is 21.0. The van der Waals surface area contributed by atoms with Crippen LogP contribution in [0.3, 0.4) is 0 Å². The molecule has 0 radical (unpaired) electrons. The zero-order valence-corrected chi connectivity index (χ0v) is 15.8. The van der Waals surface area contributed by atoms with Crippen LogP contribution in [0.2, 0.25) is 0 Å². The number of carbonyl (C=O) groups excluding carboxylic acids is 1. The molecule has 0 N–H and O–H groups in total. The van der Waals surface area contributed by atoms with E-state index in [9.17, 15) is 4.79 Å². The van der Waals surface area contributed by atoms with Crippen LogP contribution in [0.4, 0.5) is 0 Å². The smallest absolute Gasteiger partial charge is 0.198 e. The topological polar surface area (TPSA) is 54.0 Å². The van der Waals surface area contributed by atoms with Crippen molar-refractivity contribution in [1.29, 1.82) is 0 Å². The molecule has 0 saturated carbocycles. The van der Waals surface area contributed by atoms with Crippen molar-refractivity contribution in [3.63, 3.8) is 0 Å². The van der Waals surface area contributed by atoms with Crippen LogP contribution in [0.25, 0.3) is 21.9 Å². The van der Waals surface area contributed by atoms with Gasteiger partial charge in [0, 0.05) is 22.1 Å². The number of hydrogen-bond acceptors (Lipinski definition) is 5. The van der Waals surface area contributed by atoms with Crippen LogP contribution in [0.15, 0.2) is 30.3 Å². The normalized spacial score (nSPS) is 13.0. The van der Waals surface area contributed by atoms with Crippen LogP contribution in [-0.2, 0) is 0 Å². The van der Waals surface area contributed by atoms with Crippen molar-refractivity contribution in [3.05, 3.63) is 47.0 Å². The molecule has 0 spiro atoms. The number of aryl methyl sites for hydroxylation is 1. The van der Waals surface area contributed by atoms with Gasteiger partial charge in [-0.25, -0.2) is 0 Å². The van der Waals surface area contributed by atoms with Gasteiger partial charge in [0.25, 0.3) is 0 Å². The Morgan fingerprint density at radius 3 is 2.15 bits per heavy atom. The molecule has 5 heteroatoms. The first-order valence-corrected chi connectivity index (χ1v) is 8.39. The van der Waals surface area contributed by atoms with E-state index in [4.69, 9.17) is 21.7 Å². The SMILES string of the molecule is [2H]c1cc([2H])c2c(OC)c3c(c(OC)c2c1OC)C(=O)c1cc(C)cc(OC)c1-3. The number of methoxy groups -OCH3 is 4. The molecule has 0 atom stereocenters. The van der Waals surface area contributed by atoms with Crippen LogP contribution in [0, 0.1) is 6.92 Å². The predicted molar refractivity (Wildman–Crippen MR) is 104 cm³/mol. The van der Waals surface area contributed by atoms with Gasteiger partial charge in [-0.3, -0.25) is 4.79 Å². The molecule has 1 aliphatic carbocycles.